The molecule has 1 aliphatic heterocycles. The molecule has 0 spiro atoms. The van der Waals surface area contributed by atoms with Gasteiger partial charge in [-0.25, -0.2) is 0 Å². The molecule has 0 aliphatic carbocycles. The minimum Gasteiger partial charge on any atom is -0.352 e. The fraction of sp³-hybridized carbons (Fsp3) is 0.333. The number of aryl methyl sites for hydroxylation is 1. The number of nitrogens with zero attached hydrogens (tertiary/aromatic N) is 3. The van der Waals surface area contributed by atoms with Crippen molar-refractivity contribution in [1.29, 1.82) is 0 Å². The number of aromatic nitrogens is 2. The summed E-state index contributed by atoms with van der Waals surface area (Å²) < 4.78 is 2.18. The Labute approximate surface area is 199 Å². The molecule has 4 rings (SSSR count). The van der Waals surface area contributed by atoms with Crippen molar-refractivity contribution >= 4 is 40.5 Å². The molecule has 2 aromatic heterocycles. The molecule has 31 heavy (non-hydrogen) atoms. The monoisotopic (exact) mass is 472 g/mol. The van der Waals surface area contributed by atoms with E-state index in [4.69, 9.17) is 35.4 Å². The van der Waals surface area contributed by atoms with Crippen molar-refractivity contribution in [2.45, 2.75) is 45.7 Å². The Morgan fingerprint density at radius 3 is 2.65 bits per heavy atom. The molecule has 1 aliphatic rings. The van der Waals surface area contributed by atoms with Gasteiger partial charge in [0.05, 0.1) is 33.5 Å². The van der Waals surface area contributed by atoms with Gasteiger partial charge in [0.15, 0.2) is 5.11 Å². The molecule has 162 valence electrons. The number of hydrogen-bond acceptors (Lipinski definition) is 2. The molecule has 1 N–H and O–H groups in total. The zero-order chi connectivity index (χ0) is 22.1. The van der Waals surface area contributed by atoms with Crippen LogP contribution in [-0.4, -0.2) is 26.1 Å². The van der Waals surface area contributed by atoms with Gasteiger partial charge >= 0.3 is 0 Å². The molecular weight excluding hydrogens is 447 g/mol. The number of nitrogens with one attached hydrogen (secondary N) is 1. The van der Waals surface area contributed by atoms with Crippen LogP contribution < -0.4 is 5.32 Å². The molecule has 0 unspecified atom stereocenters. The smallest absolute Gasteiger partial charge is 0.170 e. The first-order valence-corrected chi connectivity index (χ1v) is 11.7. The summed E-state index contributed by atoms with van der Waals surface area (Å²) in [7, 11) is 0. The summed E-state index contributed by atoms with van der Waals surface area (Å²) in [6.45, 7) is 7.33. The van der Waals surface area contributed by atoms with Crippen molar-refractivity contribution in [2.24, 2.45) is 0 Å². The highest BCUT2D eigenvalue weighted by Crippen LogP contribution is 2.42. The molecule has 1 fully saturated rings. The van der Waals surface area contributed by atoms with Crippen molar-refractivity contribution in [3.63, 3.8) is 0 Å². The molecule has 7 heteroatoms. The van der Waals surface area contributed by atoms with E-state index in [1.807, 2.05) is 36.5 Å². The summed E-state index contributed by atoms with van der Waals surface area (Å²) >= 11 is 18.7. The van der Waals surface area contributed by atoms with E-state index in [1.165, 1.54) is 5.56 Å². The lowest BCUT2D eigenvalue weighted by Gasteiger charge is -2.28. The normalized spacial score (nSPS) is 18.5. The van der Waals surface area contributed by atoms with Crippen LogP contribution in [0.2, 0.25) is 10.0 Å². The second-order valence-electron chi connectivity index (χ2n) is 7.91. The van der Waals surface area contributed by atoms with E-state index in [0.29, 0.717) is 10.0 Å². The van der Waals surface area contributed by atoms with E-state index in [2.05, 4.69) is 52.7 Å². The Kier molecular flexibility index (Phi) is 6.56. The van der Waals surface area contributed by atoms with E-state index in [9.17, 15) is 0 Å². The first-order valence-electron chi connectivity index (χ1n) is 10.5. The average Bonchev–Trinajstić information content (AvgIpc) is 3.24. The Balaban J connectivity index is 1.84. The summed E-state index contributed by atoms with van der Waals surface area (Å²) in [5.41, 5.74) is 5.32. The van der Waals surface area contributed by atoms with Gasteiger partial charge in [-0.3, -0.25) is 4.98 Å². The number of halogens is 2. The van der Waals surface area contributed by atoms with E-state index in [0.717, 1.165) is 47.3 Å². The van der Waals surface area contributed by atoms with Gasteiger partial charge in [0, 0.05) is 24.1 Å². The van der Waals surface area contributed by atoms with Gasteiger partial charge in [-0.2, -0.15) is 0 Å². The van der Waals surface area contributed by atoms with Crippen LogP contribution in [0.5, 0.6) is 0 Å². The molecule has 0 amide bonds. The molecular formula is C24H26Cl2N4S. The zero-order valence-corrected chi connectivity index (χ0v) is 20.2. The van der Waals surface area contributed by atoms with Gasteiger partial charge in [-0.15, -0.1) is 0 Å². The van der Waals surface area contributed by atoms with Gasteiger partial charge in [0.25, 0.3) is 0 Å². The van der Waals surface area contributed by atoms with E-state index >= 15 is 0 Å². The largest absolute Gasteiger partial charge is 0.352 e. The fourth-order valence-corrected chi connectivity index (χ4v) is 5.15. The third kappa shape index (κ3) is 4.07. The Morgan fingerprint density at radius 2 is 1.94 bits per heavy atom. The van der Waals surface area contributed by atoms with Crippen molar-refractivity contribution in [1.82, 2.24) is 19.8 Å². The number of hydrogen-bond donors (Lipinski definition) is 1. The molecule has 2 atom stereocenters. The van der Waals surface area contributed by atoms with Crippen molar-refractivity contribution in [2.75, 3.05) is 6.54 Å². The minimum absolute atomic E-state index is 0.0191. The lowest BCUT2D eigenvalue weighted by molar-refractivity contribution is 0.312. The fourth-order valence-electron chi connectivity index (χ4n) is 4.44. The second-order valence-corrected chi connectivity index (χ2v) is 9.08. The maximum Gasteiger partial charge on any atom is 0.170 e. The highest BCUT2D eigenvalue weighted by atomic mass is 35.5. The standard InChI is InChI=1S/C24H26Cl2N4S/c1-4-5-13-29-23(22(28-24(29)31)19-10-6-7-12-27-19)17-14-15(2)30(16(17)3)20-11-8-9-18(25)21(20)26/h6-12,14,22-23H,4-5,13H2,1-3H3,(H,28,31)/t22-,23-/m0/s1. The van der Waals surface area contributed by atoms with Crippen LogP contribution >= 0.6 is 35.4 Å². The van der Waals surface area contributed by atoms with Gasteiger partial charge in [-0.1, -0.05) is 48.7 Å². The molecule has 1 aromatic carbocycles. The van der Waals surface area contributed by atoms with Crippen molar-refractivity contribution < 1.29 is 0 Å². The summed E-state index contributed by atoms with van der Waals surface area (Å²) in [5.74, 6) is 0. The van der Waals surface area contributed by atoms with E-state index in [1.54, 1.807) is 0 Å². The third-order valence-corrected chi connectivity index (χ3v) is 7.07. The minimum atomic E-state index is -0.0191. The number of unbranched alkanes of at least 4 members (excludes halogenated alkanes) is 1. The maximum atomic E-state index is 6.58. The van der Waals surface area contributed by atoms with Gasteiger partial charge < -0.3 is 14.8 Å². The highest BCUT2D eigenvalue weighted by molar-refractivity contribution is 7.80. The van der Waals surface area contributed by atoms with Crippen LogP contribution in [-0.2, 0) is 0 Å². The lowest BCUT2D eigenvalue weighted by Crippen LogP contribution is -2.30. The molecule has 0 bridgehead atoms. The van der Waals surface area contributed by atoms with Crippen LogP contribution in [0.4, 0.5) is 0 Å². The molecule has 0 saturated carbocycles. The Morgan fingerprint density at radius 1 is 1.13 bits per heavy atom. The van der Waals surface area contributed by atoms with E-state index in [-0.39, 0.29) is 12.1 Å². The highest BCUT2D eigenvalue weighted by Gasteiger charge is 2.41. The first kappa shape index (κ1) is 22.1. The summed E-state index contributed by atoms with van der Waals surface area (Å²) in [4.78, 5) is 6.94. The first-order chi connectivity index (χ1) is 14.9. The number of pyridine rings is 1. The number of rotatable bonds is 6. The van der Waals surface area contributed by atoms with Crippen LogP contribution in [0.25, 0.3) is 5.69 Å². The van der Waals surface area contributed by atoms with Crippen LogP contribution in [0.1, 0.15) is 54.5 Å². The summed E-state index contributed by atoms with van der Waals surface area (Å²) in [6.07, 6.45) is 4.02. The predicted octanol–water partition coefficient (Wildman–Crippen LogP) is 6.57. The molecule has 4 nitrogen and oxygen atoms in total. The van der Waals surface area contributed by atoms with Crippen LogP contribution in [0, 0.1) is 13.8 Å². The molecule has 0 radical (unpaired) electrons. The van der Waals surface area contributed by atoms with E-state index < -0.39 is 0 Å². The second kappa shape index (κ2) is 9.19. The van der Waals surface area contributed by atoms with Gasteiger partial charge in [0.1, 0.15) is 0 Å². The van der Waals surface area contributed by atoms with Gasteiger partial charge in [0.2, 0.25) is 0 Å². The Bertz CT molecular complexity index is 1100. The molecule has 3 heterocycles. The van der Waals surface area contributed by atoms with Crippen molar-refractivity contribution in [3.05, 3.63) is 81.4 Å². The quantitative estimate of drug-likeness (QED) is 0.411. The average molecular weight is 473 g/mol. The van der Waals surface area contributed by atoms with Gasteiger partial charge in [-0.05, 0) is 68.4 Å². The predicted molar refractivity (Wildman–Crippen MR) is 132 cm³/mol. The third-order valence-electron chi connectivity index (χ3n) is 5.91. The number of benzene rings is 1. The SMILES string of the molecule is CCCCN1C(=S)N[C@@H](c2ccccn2)[C@@H]1c1cc(C)n(-c2cccc(Cl)c2Cl)c1C. The number of thiocarbonyl (C=S) groups is 1. The van der Waals surface area contributed by atoms with Crippen LogP contribution in [0.15, 0.2) is 48.7 Å². The Hall–Kier alpha value is -2.08. The molecule has 3 aromatic rings. The summed E-state index contributed by atoms with van der Waals surface area (Å²) in [5, 5.41) is 5.42. The van der Waals surface area contributed by atoms with Crippen LogP contribution in [0.3, 0.4) is 0 Å². The lowest BCUT2D eigenvalue weighted by atomic mass is 9.96. The topological polar surface area (TPSA) is 33.1 Å². The molecule has 1 saturated heterocycles. The zero-order valence-electron chi connectivity index (χ0n) is 17.9. The van der Waals surface area contributed by atoms with Crippen molar-refractivity contribution in [3.8, 4) is 5.69 Å². The summed E-state index contributed by atoms with van der Waals surface area (Å²) in [6, 6.07) is 14.0. The maximum absolute atomic E-state index is 6.58.